The number of aromatic nitrogens is 1. The summed E-state index contributed by atoms with van der Waals surface area (Å²) in [6, 6.07) is 2.09. The van der Waals surface area contributed by atoms with Gasteiger partial charge in [-0.3, -0.25) is 0 Å². The number of anilines is 1. The molecule has 1 atom stereocenters. The number of nitrogens with zero attached hydrogens (tertiary/aromatic N) is 1. The molecule has 1 unspecified atom stereocenters. The van der Waals surface area contributed by atoms with E-state index in [1.165, 1.54) is 0 Å². The number of ether oxygens (including phenoxy) is 1. The van der Waals surface area contributed by atoms with Gasteiger partial charge in [0, 0.05) is 23.8 Å². The molecule has 1 heterocycles. The molecule has 0 spiro atoms. The number of halogens is 2. The second-order valence-corrected chi connectivity index (χ2v) is 4.27. The first-order valence-corrected chi connectivity index (χ1v) is 5.37. The minimum atomic E-state index is 0.202. The topological polar surface area (TPSA) is 34.1 Å². The molecule has 1 aromatic heterocycles. The van der Waals surface area contributed by atoms with Crippen molar-refractivity contribution < 1.29 is 4.74 Å². The van der Waals surface area contributed by atoms with Crippen LogP contribution in [0.25, 0.3) is 0 Å². The van der Waals surface area contributed by atoms with Crippen LogP contribution in [0.15, 0.2) is 16.7 Å². The van der Waals surface area contributed by atoms with Gasteiger partial charge in [0.05, 0.1) is 12.3 Å². The van der Waals surface area contributed by atoms with Crippen molar-refractivity contribution >= 4 is 33.2 Å². The maximum atomic E-state index is 5.91. The maximum absolute atomic E-state index is 5.91. The lowest BCUT2D eigenvalue weighted by Crippen LogP contribution is -2.21. The van der Waals surface area contributed by atoms with E-state index >= 15 is 0 Å². The van der Waals surface area contributed by atoms with Crippen LogP contribution >= 0.6 is 27.5 Å². The van der Waals surface area contributed by atoms with Crippen LogP contribution in [-0.4, -0.2) is 24.7 Å². The minimum absolute atomic E-state index is 0.202. The van der Waals surface area contributed by atoms with Crippen molar-refractivity contribution in [2.75, 3.05) is 19.0 Å². The molecule has 0 saturated carbocycles. The summed E-state index contributed by atoms with van der Waals surface area (Å²) in [7, 11) is 1.67. The van der Waals surface area contributed by atoms with E-state index in [0.717, 1.165) is 10.2 Å². The molecular formula is C9H12BrClN2O. The quantitative estimate of drug-likeness (QED) is 0.861. The average molecular weight is 280 g/mol. The van der Waals surface area contributed by atoms with Gasteiger partial charge in [-0.2, -0.15) is 0 Å². The number of hydrogen-bond donors (Lipinski definition) is 1. The van der Waals surface area contributed by atoms with E-state index in [-0.39, 0.29) is 6.04 Å². The molecule has 14 heavy (non-hydrogen) atoms. The second-order valence-electron chi connectivity index (χ2n) is 2.99. The second kappa shape index (κ2) is 5.53. The molecule has 0 aromatic carbocycles. The van der Waals surface area contributed by atoms with Gasteiger partial charge in [0.25, 0.3) is 0 Å². The lowest BCUT2D eigenvalue weighted by atomic mass is 10.3. The molecule has 3 nitrogen and oxygen atoms in total. The Morgan fingerprint density at radius 1 is 1.71 bits per heavy atom. The number of rotatable bonds is 4. The standard InChI is InChI=1S/C9H12BrClN2O/c1-6(5-14-2)13-8-3-7(10)4-12-9(8)11/h3-4,6,13H,5H2,1-2H3. The lowest BCUT2D eigenvalue weighted by molar-refractivity contribution is 0.190. The Bertz CT molecular complexity index is 309. The zero-order valence-electron chi connectivity index (χ0n) is 8.05. The van der Waals surface area contributed by atoms with Crippen LogP contribution in [0.5, 0.6) is 0 Å². The van der Waals surface area contributed by atoms with Crippen molar-refractivity contribution in [1.82, 2.24) is 4.98 Å². The monoisotopic (exact) mass is 278 g/mol. The molecule has 1 aromatic rings. The van der Waals surface area contributed by atoms with Gasteiger partial charge in [-0.1, -0.05) is 11.6 Å². The first kappa shape index (κ1) is 11.8. The molecule has 0 aliphatic heterocycles. The van der Waals surface area contributed by atoms with Crippen LogP contribution in [0, 0.1) is 0 Å². The fourth-order valence-electron chi connectivity index (χ4n) is 1.08. The van der Waals surface area contributed by atoms with E-state index in [2.05, 4.69) is 26.2 Å². The third-order valence-electron chi connectivity index (χ3n) is 1.62. The predicted octanol–water partition coefficient (Wildman–Crippen LogP) is 2.94. The van der Waals surface area contributed by atoms with Gasteiger partial charge in [0.1, 0.15) is 0 Å². The van der Waals surface area contributed by atoms with Gasteiger partial charge >= 0.3 is 0 Å². The Kier molecular flexibility index (Phi) is 4.65. The number of nitrogens with one attached hydrogen (secondary N) is 1. The molecular weight excluding hydrogens is 267 g/mol. The Balaban J connectivity index is 2.70. The summed E-state index contributed by atoms with van der Waals surface area (Å²) < 4.78 is 5.91. The first-order valence-electron chi connectivity index (χ1n) is 4.20. The normalized spacial score (nSPS) is 12.6. The van der Waals surface area contributed by atoms with Gasteiger partial charge < -0.3 is 10.1 Å². The predicted molar refractivity (Wildman–Crippen MR) is 61.9 cm³/mol. The van der Waals surface area contributed by atoms with E-state index in [1.807, 2.05) is 13.0 Å². The van der Waals surface area contributed by atoms with Crippen LogP contribution in [-0.2, 0) is 4.74 Å². The average Bonchev–Trinajstić information content (AvgIpc) is 2.12. The van der Waals surface area contributed by atoms with Gasteiger partial charge in [0.15, 0.2) is 5.15 Å². The van der Waals surface area contributed by atoms with Crippen molar-refractivity contribution in [1.29, 1.82) is 0 Å². The number of pyridine rings is 1. The summed E-state index contributed by atoms with van der Waals surface area (Å²) in [4.78, 5) is 4.01. The molecule has 0 radical (unpaired) electrons. The van der Waals surface area contributed by atoms with Crippen molar-refractivity contribution in [3.8, 4) is 0 Å². The third-order valence-corrected chi connectivity index (χ3v) is 2.36. The molecule has 0 amide bonds. The highest BCUT2D eigenvalue weighted by Crippen LogP contribution is 2.23. The highest BCUT2D eigenvalue weighted by Gasteiger charge is 2.06. The molecule has 1 rings (SSSR count). The minimum Gasteiger partial charge on any atom is -0.383 e. The fourth-order valence-corrected chi connectivity index (χ4v) is 1.57. The van der Waals surface area contributed by atoms with Crippen molar-refractivity contribution in [2.45, 2.75) is 13.0 Å². The zero-order valence-corrected chi connectivity index (χ0v) is 10.4. The summed E-state index contributed by atoms with van der Waals surface area (Å²) in [5, 5.41) is 3.67. The van der Waals surface area contributed by atoms with Crippen LogP contribution in [0.2, 0.25) is 5.15 Å². The molecule has 0 bridgehead atoms. The SMILES string of the molecule is COCC(C)Nc1cc(Br)cnc1Cl. The van der Waals surface area contributed by atoms with Crippen molar-refractivity contribution in [3.05, 3.63) is 21.9 Å². The Morgan fingerprint density at radius 3 is 3.07 bits per heavy atom. The van der Waals surface area contributed by atoms with E-state index in [0.29, 0.717) is 11.8 Å². The molecule has 0 aliphatic rings. The molecule has 1 N–H and O–H groups in total. The van der Waals surface area contributed by atoms with Crippen molar-refractivity contribution in [2.24, 2.45) is 0 Å². The van der Waals surface area contributed by atoms with Gasteiger partial charge in [-0.25, -0.2) is 4.98 Å². The summed E-state index contributed by atoms with van der Waals surface area (Å²) in [6.45, 7) is 2.64. The maximum Gasteiger partial charge on any atom is 0.152 e. The lowest BCUT2D eigenvalue weighted by Gasteiger charge is -2.14. The highest BCUT2D eigenvalue weighted by atomic mass is 79.9. The van der Waals surface area contributed by atoms with E-state index in [4.69, 9.17) is 16.3 Å². The van der Waals surface area contributed by atoms with Crippen LogP contribution < -0.4 is 5.32 Å². The Labute approximate surface area is 96.9 Å². The van der Waals surface area contributed by atoms with Gasteiger partial charge in [-0.05, 0) is 28.9 Å². The van der Waals surface area contributed by atoms with Crippen LogP contribution in [0.3, 0.4) is 0 Å². The summed E-state index contributed by atoms with van der Waals surface area (Å²) in [6.07, 6.45) is 1.66. The zero-order chi connectivity index (χ0) is 10.6. The van der Waals surface area contributed by atoms with E-state index < -0.39 is 0 Å². The Morgan fingerprint density at radius 2 is 2.43 bits per heavy atom. The molecule has 0 saturated heterocycles. The molecule has 0 fully saturated rings. The van der Waals surface area contributed by atoms with E-state index in [1.54, 1.807) is 13.3 Å². The highest BCUT2D eigenvalue weighted by molar-refractivity contribution is 9.10. The summed E-state index contributed by atoms with van der Waals surface area (Å²) in [5.74, 6) is 0. The summed E-state index contributed by atoms with van der Waals surface area (Å²) in [5.41, 5.74) is 0.811. The van der Waals surface area contributed by atoms with E-state index in [9.17, 15) is 0 Å². The van der Waals surface area contributed by atoms with Crippen LogP contribution in [0.4, 0.5) is 5.69 Å². The van der Waals surface area contributed by atoms with Gasteiger partial charge in [0.2, 0.25) is 0 Å². The number of methoxy groups -OCH3 is 1. The third kappa shape index (κ3) is 3.44. The summed E-state index contributed by atoms with van der Waals surface area (Å²) >= 11 is 9.24. The molecule has 78 valence electrons. The van der Waals surface area contributed by atoms with Crippen molar-refractivity contribution in [3.63, 3.8) is 0 Å². The van der Waals surface area contributed by atoms with Crippen LogP contribution in [0.1, 0.15) is 6.92 Å². The van der Waals surface area contributed by atoms with Gasteiger partial charge in [-0.15, -0.1) is 0 Å². The largest absolute Gasteiger partial charge is 0.383 e. The molecule has 5 heteroatoms. The Hall–Kier alpha value is -0.320. The fraction of sp³-hybridized carbons (Fsp3) is 0.444. The number of hydrogen-bond acceptors (Lipinski definition) is 3. The first-order chi connectivity index (χ1) is 6.63. The molecule has 0 aliphatic carbocycles. The smallest absolute Gasteiger partial charge is 0.152 e.